The third-order valence-corrected chi connectivity index (χ3v) is 6.08. The fourth-order valence-electron chi connectivity index (χ4n) is 4.16. The molecule has 1 fully saturated rings. The molecule has 0 atom stereocenters. The van der Waals surface area contributed by atoms with Crippen LogP contribution in [0, 0.1) is 0 Å². The number of ether oxygens (including phenoxy) is 3. The van der Waals surface area contributed by atoms with Crippen LogP contribution >= 0.6 is 0 Å². The fraction of sp³-hybridized carbons (Fsp3) is 0.296. The first-order valence-electron chi connectivity index (χ1n) is 11.3. The Hall–Kier alpha value is -3.71. The molecule has 3 aromatic rings. The van der Waals surface area contributed by atoms with E-state index in [2.05, 4.69) is 21.2 Å². The summed E-state index contributed by atoms with van der Waals surface area (Å²) in [6.45, 7) is 4.68. The molecule has 1 aliphatic heterocycles. The van der Waals surface area contributed by atoms with Crippen LogP contribution in [0.4, 0.5) is 11.4 Å². The zero-order valence-corrected chi connectivity index (χ0v) is 19.9. The maximum Gasteiger partial charge on any atom is 0.255 e. The minimum absolute atomic E-state index is 0.191. The van der Waals surface area contributed by atoms with Crippen molar-refractivity contribution in [2.45, 2.75) is 6.54 Å². The number of anilines is 2. The molecule has 0 radical (unpaired) electrons. The Bertz CT molecular complexity index is 1110. The summed E-state index contributed by atoms with van der Waals surface area (Å²) in [6, 6.07) is 21.2. The van der Waals surface area contributed by atoms with Crippen molar-refractivity contribution in [2.24, 2.45) is 0 Å². The molecule has 3 aromatic carbocycles. The van der Waals surface area contributed by atoms with E-state index in [1.54, 1.807) is 39.5 Å². The van der Waals surface area contributed by atoms with Gasteiger partial charge in [0.15, 0.2) is 0 Å². The molecule has 7 nitrogen and oxygen atoms in total. The molecule has 0 bridgehead atoms. The van der Waals surface area contributed by atoms with E-state index in [1.165, 1.54) is 5.56 Å². The molecule has 0 aromatic heterocycles. The van der Waals surface area contributed by atoms with Crippen LogP contribution in [0.25, 0.3) is 0 Å². The monoisotopic (exact) mass is 461 g/mol. The lowest BCUT2D eigenvalue weighted by Gasteiger charge is -2.36. The normalized spacial score (nSPS) is 13.9. The van der Waals surface area contributed by atoms with E-state index >= 15 is 0 Å². The molecule has 1 aliphatic rings. The number of carbonyl (C=O) groups excluding carboxylic acids is 1. The lowest BCUT2D eigenvalue weighted by atomic mass is 10.1. The van der Waals surface area contributed by atoms with Crippen molar-refractivity contribution in [1.29, 1.82) is 0 Å². The summed E-state index contributed by atoms with van der Waals surface area (Å²) in [6.07, 6.45) is 0. The zero-order valence-electron chi connectivity index (χ0n) is 19.9. The highest BCUT2D eigenvalue weighted by molar-refractivity contribution is 6.05. The second-order valence-electron chi connectivity index (χ2n) is 8.15. The summed E-state index contributed by atoms with van der Waals surface area (Å²) in [4.78, 5) is 17.6. The van der Waals surface area contributed by atoms with Gasteiger partial charge in [0.25, 0.3) is 5.91 Å². The molecule has 1 amide bonds. The van der Waals surface area contributed by atoms with Gasteiger partial charge in [-0.2, -0.15) is 0 Å². The van der Waals surface area contributed by atoms with Crippen LogP contribution in [-0.2, 0) is 6.54 Å². The summed E-state index contributed by atoms with van der Waals surface area (Å²) in [5.41, 5.74) is 3.49. The highest BCUT2D eigenvalue weighted by Crippen LogP contribution is 2.30. The number of piperazine rings is 1. The van der Waals surface area contributed by atoms with Gasteiger partial charge in [0.2, 0.25) is 0 Å². The van der Waals surface area contributed by atoms with Crippen LogP contribution in [0.15, 0.2) is 66.7 Å². The highest BCUT2D eigenvalue weighted by Gasteiger charge is 2.20. The molecule has 178 valence electrons. The number of nitrogens with one attached hydrogen (secondary N) is 1. The highest BCUT2D eigenvalue weighted by atomic mass is 16.5. The van der Waals surface area contributed by atoms with E-state index < -0.39 is 0 Å². The molecule has 1 saturated heterocycles. The second kappa shape index (κ2) is 10.9. The Morgan fingerprint density at radius 2 is 1.53 bits per heavy atom. The maximum atomic E-state index is 12.8. The summed E-state index contributed by atoms with van der Waals surface area (Å²) in [5.74, 6) is 1.95. The lowest BCUT2D eigenvalue weighted by Crippen LogP contribution is -2.46. The van der Waals surface area contributed by atoms with Gasteiger partial charge in [-0.1, -0.05) is 24.3 Å². The average molecular weight is 462 g/mol. The number of nitrogens with zero attached hydrogens (tertiary/aromatic N) is 2. The van der Waals surface area contributed by atoms with E-state index in [-0.39, 0.29) is 5.91 Å². The van der Waals surface area contributed by atoms with Crippen LogP contribution in [0.2, 0.25) is 0 Å². The topological polar surface area (TPSA) is 63.3 Å². The van der Waals surface area contributed by atoms with E-state index in [1.807, 2.05) is 42.5 Å². The molecule has 7 heteroatoms. The molecule has 34 heavy (non-hydrogen) atoms. The molecule has 0 unspecified atom stereocenters. The van der Waals surface area contributed by atoms with Gasteiger partial charge >= 0.3 is 0 Å². The summed E-state index contributed by atoms with van der Waals surface area (Å²) in [5, 5.41) is 2.91. The predicted molar refractivity (Wildman–Crippen MR) is 134 cm³/mol. The van der Waals surface area contributed by atoms with Gasteiger partial charge in [-0.3, -0.25) is 9.69 Å². The molecular formula is C27H31N3O4. The second-order valence-corrected chi connectivity index (χ2v) is 8.15. The number of methoxy groups -OCH3 is 3. The standard InChI is InChI=1S/C27H31N3O4/c1-32-22-12-13-25(33-2)23(18-22)28-27(31)21-10-8-20(9-11-21)19-29-14-16-30(17-15-29)24-6-4-5-7-26(24)34-3/h4-13,18H,14-17,19H2,1-3H3,(H,28,31). The van der Waals surface area contributed by atoms with Crippen molar-refractivity contribution in [3.8, 4) is 17.2 Å². The number of hydrogen-bond donors (Lipinski definition) is 1. The third-order valence-electron chi connectivity index (χ3n) is 6.08. The Labute approximate surface area is 200 Å². The average Bonchev–Trinajstić information content (AvgIpc) is 2.89. The van der Waals surface area contributed by atoms with Crippen LogP contribution in [0.3, 0.4) is 0 Å². The Balaban J connectivity index is 1.33. The number of para-hydroxylation sites is 2. The first-order valence-corrected chi connectivity index (χ1v) is 11.3. The minimum Gasteiger partial charge on any atom is -0.497 e. The number of benzene rings is 3. The summed E-state index contributed by atoms with van der Waals surface area (Å²) < 4.78 is 16.1. The van der Waals surface area contributed by atoms with Gasteiger partial charge in [-0.15, -0.1) is 0 Å². The van der Waals surface area contributed by atoms with Gasteiger partial charge in [0.1, 0.15) is 17.2 Å². The van der Waals surface area contributed by atoms with Crippen LogP contribution in [0.5, 0.6) is 17.2 Å². The number of carbonyl (C=O) groups is 1. The van der Waals surface area contributed by atoms with Crippen LogP contribution in [-0.4, -0.2) is 58.3 Å². The van der Waals surface area contributed by atoms with Crippen LogP contribution in [0.1, 0.15) is 15.9 Å². The van der Waals surface area contributed by atoms with Crippen molar-refractivity contribution in [1.82, 2.24) is 4.90 Å². The molecule has 0 aliphatic carbocycles. The minimum atomic E-state index is -0.191. The van der Waals surface area contributed by atoms with E-state index in [9.17, 15) is 4.79 Å². The molecular weight excluding hydrogens is 430 g/mol. The van der Waals surface area contributed by atoms with E-state index in [0.717, 1.165) is 44.2 Å². The van der Waals surface area contributed by atoms with Gasteiger partial charge in [0, 0.05) is 44.4 Å². The Morgan fingerprint density at radius 3 is 2.21 bits per heavy atom. The molecule has 0 spiro atoms. The SMILES string of the molecule is COc1ccc(OC)c(NC(=O)c2ccc(CN3CCN(c4ccccc4OC)CC3)cc2)c1. The van der Waals surface area contributed by atoms with Gasteiger partial charge in [-0.05, 0) is 42.0 Å². The number of hydrogen-bond acceptors (Lipinski definition) is 6. The first kappa shape index (κ1) is 23.4. The van der Waals surface area contributed by atoms with Gasteiger partial charge in [-0.25, -0.2) is 0 Å². The molecule has 0 saturated carbocycles. The molecule has 4 rings (SSSR count). The smallest absolute Gasteiger partial charge is 0.255 e. The Morgan fingerprint density at radius 1 is 0.824 bits per heavy atom. The predicted octanol–water partition coefficient (Wildman–Crippen LogP) is 4.29. The van der Waals surface area contributed by atoms with Crippen molar-refractivity contribution >= 4 is 17.3 Å². The number of rotatable bonds is 8. The fourth-order valence-corrected chi connectivity index (χ4v) is 4.16. The maximum absolute atomic E-state index is 12.8. The van der Waals surface area contributed by atoms with Crippen molar-refractivity contribution in [2.75, 3.05) is 57.7 Å². The van der Waals surface area contributed by atoms with Crippen molar-refractivity contribution < 1.29 is 19.0 Å². The number of amides is 1. The Kier molecular flexibility index (Phi) is 7.54. The largest absolute Gasteiger partial charge is 0.497 e. The van der Waals surface area contributed by atoms with Crippen molar-refractivity contribution in [3.63, 3.8) is 0 Å². The lowest BCUT2D eigenvalue weighted by molar-refractivity contribution is 0.102. The quantitative estimate of drug-likeness (QED) is 0.540. The van der Waals surface area contributed by atoms with Crippen molar-refractivity contribution in [3.05, 3.63) is 77.9 Å². The van der Waals surface area contributed by atoms with Crippen LogP contribution < -0.4 is 24.4 Å². The summed E-state index contributed by atoms with van der Waals surface area (Å²) in [7, 11) is 4.87. The first-order chi connectivity index (χ1) is 16.6. The van der Waals surface area contributed by atoms with E-state index in [0.29, 0.717) is 22.7 Å². The summed E-state index contributed by atoms with van der Waals surface area (Å²) >= 11 is 0. The van der Waals surface area contributed by atoms with Gasteiger partial charge in [0.05, 0.1) is 32.7 Å². The molecule has 1 N–H and O–H groups in total. The molecule has 1 heterocycles. The van der Waals surface area contributed by atoms with Gasteiger partial charge < -0.3 is 24.4 Å². The van der Waals surface area contributed by atoms with E-state index in [4.69, 9.17) is 14.2 Å². The third kappa shape index (κ3) is 5.43. The zero-order chi connectivity index (χ0) is 23.9.